The number of hydrogen-bond donors (Lipinski definition) is 2. The molecule has 0 aliphatic rings. The van der Waals surface area contributed by atoms with E-state index in [1.54, 1.807) is 31.2 Å². The highest BCUT2D eigenvalue weighted by atomic mass is 35.5. The Morgan fingerprint density at radius 1 is 1.12 bits per heavy atom. The van der Waals surface area contributed by atoms with E-state index in [0.717, 1.165) is 0 Å². The van der Waals surface area contributed by atoms with Gasteiger partial charge in [0, 0.05) is 16.8 Å². The van der Waals surface area contributed by atoms with E-state index in [1.807, 2.05) is 0 Å². The molecule has 6 nitrogen and oxygen atoms in total. The summed E-state index contributed by atoms with van der Waals surface area (Å²) in [5.74, 6) is -0.322. The highest BCUT2D eigenvalue weighted by Gasteiger charge is 2.18. The molecule has 0 aliphatic carbocycles. The number of hydrogen-bond acceptors (Lipinski definition) is 4. The smallest absolute Gasteiger partial charge is 0.341 e. The fourth-order valence-corrected chi connectivity index (χ4v) is 2.44. The molecule has 25 heavy (non-hydrogen) atoms. The van der Waals surface area contributed by atoms with E-state index in [-0.39, 0.29) is 28.6 Å². The van der Waals surface area contributed by atoms with Crippen LogP contribution in [-0.2, 0) is 4.74 Å². The Labute approximate surface area is 155 Å². The first kappa shape index (κ1) is 18.9. The van der Waals surface area contributed by atoms with Gasteiger partial charge >= 0.3 is 12.0 Å². The molecular weight excluding hydrogens is 367 g/mol. The Kier molecular flexibility index (Phi) is 6.50. The molecule has 0 unspecified atom stereocenters. The molecule has 0 spiro atoms. The molecule has 0 atom stereocenters. The molecule has 0 saturated heterocycles. The summed E-state index contributed by atoms with van der Waals surface area (Å²) in [6.45, 7) is 1.92. The molecule has 0 aliphatic heterocycles. The number of ether oxygens (including phenoxy) is 2. The van der Waals surface area contributed by atoms with Crippen LogP contribution < -0.4 is 15.4 Å². The second-order valence-electron chi connectivity index (χ2n) is 4.84. The van der Waals surface area contributed by atoms with Gasteiger partial charge in [-0.3, -0.25) is 0 Å². The van der Waals surface area contributed by atoms with E-state index in [1.165, 1.54) is 19.2 Å². The first-order chi connectivity index (χ1) is 11.9. The molecule has 2 aromatic rings. The van der Waals surface area contributed by atoms with Gasteiger partial charge in [0.2, 0.25) is 0 Å². The maximum Gasteiger partial charge on any atom is 0.341 e. The van der Waals surface area contributed by atoms with Crippen LogP contribution in [0.2, 0.25) is 10.0 Å². The minimum absolute atomic E-state index is 0.171. The van der Waals surface area contributed by atoms with Crippen molar-refractivity contribution < 1.29 is 19.1 Å². The minimum Gasteiger partial charge on any atom is -0.496 e. The van der Waals surface area contributed by atoms with Gasteiger partial charge in [-0.15, -0.1) is 0 Å². The topological polar surface area (TPSA) is 76.7 Å². The van der Waals surface area contributed by atoms with Crippen molar-refractivity contribution in [1.82, 2.24) is 0 Å². The van der Waals surface area contributed by atoms with Crippen LogP contribution in [0.25, 0.3) is 0 Å². The Morgan fingerprint density at radius 2 is 1.88 bits per heavy atom. The number of rotatable bonds is 5. The van der Waals surface area contributed by atoms with Gasteiger partial charge in [-0.1, -0.05) is 29.3 Å². The Morgan fingerprint density at radius 3 is 2.52 bits per heavy atom. The van der Waals surface area contributed by atoms with Gasteiger partial charge in [-0.2, -0.15) is 0 Å². The normalized spacial score (nSPS) is 10.1. The fraction of sp³-hybridized carbons (Fsp3) is 0.176. The lowest BCUT2D eigenvalue weighted by molar-refractivity contribution is 0.0522. The van der Waals surface area contributed by atoms with E-state index in [4.69, 9.17) is 32.7 Å². The van der Waals surface area contributed by atoms with Crippen LogP contribution in [0.1, 0.15) is 17.3 Å². The molecule has 0 heterocycles. The van der Waals surface area contributed by atoms with Crippen LogP contribution in [0.15, 0.2) is 36.4 Å². The van der Waals surface area contributed by atoms with Crippen molar-refractivity contribution >= 4 is 46.6 Å². The van der Waals surface area contributed by atoms with Crippen molar-refractivity contribution in [2.45, 2.75) is 6.92 Å². The monoisotopic (exact) mass is 382 g/mol. The van der Waals surface area contributed by atoms with Crippen LogP contribution in [0.4, 0.5) is 16.2 Å². The van der Waals surface area contributed by atoms with E-state index in [0.29, 0.717) is 10.7 Å². The number of halogens is 2. The van der Waals surface area contributed by atoms with Crippen molar-refractivity contribution in [3.63, 3.8) is 0 Å². The number of urea groups is 1. The lowest BCUT2D eigenvalue weighted by Gasteiger charge is -2.13. The van der Waals surface area contributed by atoms with Crippen molar-refractivity contribution in [2.75, 3.05) is 24.4 Å². The highest BCUT2D eigenvalue weighted by Crippen LogP contribution is 2.31. The van der Waals surface area contributed by atoms with Gasteiger partial charge < -0.3 is 20.1 Å². The number of benzene rings is 2. The van der Waals surface area contributed by atoms with Crippen molar-refractivity contribution in [3.05, 3.63) is 52.0 Å². The second-order valence-corrected chi connectivity index (χ2v) is 5.69. The lowest BCUT2D eigenvalue weighted by Crippen LogP contribution is -2.20. The van der Waals surface area contributed by atoms with Crippen LogP contribution in [-0.4, -0.2) is 25.7 Å². The summed E-state index contributed by atoms with van der Waals surface area (Å²) in [5.41, 5.74) is 0.984. The van der Waals surface area contributed by atoms with E-state index >= 15 is 0 Å². The van der Waals surface area contributed by atoms with E-state index < -0.39 is 12.0 Å². The van der Waals surface area contributed by atoms with Crippen molar-refractivity contribution in [2.24, 2.45) is 0 Å². The summed E-state index contributed by atoms with van der Waals surface area (Å²) in [4.78, 5) is 24.0. The van der Waals surface area contributed by atoms with Gasteiger partial charge in [-0.05, 0) is 31.2 Å². The van der Waals surface area contributed by atoms with E-state index in [2.05, 4.69) is 10.6 Å². The van der Waals surface area contributed by atoms with Gasteiger partial charge in [0.15, 0.2) is 0 Å². The molecule has 8 heteroatoms. The third-order valence-corrected chi connectivity index (χ3v) is 3.66. The number of esters is 1. The molecule has 2 aromatic carbocycles. The van der Waals surface area contributed by atoms with Gasteiger partial charge in [0.05, 0.1) is 24.4 Å². The molecule has 132 valence electrons. The summed E-state index contributed by atoms with van der Waals surface area (Å²) in [5, 5.41) is 5.89. The Balaban J connectivity index is 2.18. The number of nitrogens with one attached hydrogen (secondary N) is 2. The molecule has 0 aromatic heterocycles. The van der Waals surface area contributed by atoms with E-state index in [9.17, 15) is 9.59 Å². The summed E-state index contributed by atoms with van der Waals surface area (Å²) in [7, 11) is 1.40. The SMILES string of the molecule is CCOC(=O)c1cc(Cl)c(NC(=O)Nc2cccc(Cl)c2)cc1OC. The molecule has 0 radical (unpaired) electrons. The quantitative estimate of drug-likeness (QED) is 0.726. The molecule has 0 saturated carbocycles. The summed E-state index contributed by atoms with van der Waals surface area (Å²) in [6.07, 6.45) is 0. The molecule has 0 bridgehead atoms. The Bertz CT molecular complexity index is 796. The second kappa shape index (κ2) is 8.60. The van der Waals surface area contributed by atoms with Crippen LogP contribution >= 0.6 is 23.2 Å². The van der Waals surface area contributed by atoms with Gasteiger partial charge in [-0.25, -0.2) is 9.59 Å². The molecular formula is C17H16Cl2N2O4. The van der Waals surface area contributed by atoms with Gasteiger partial charge in [0.1, 0.15) is 11.3 Å². The standard InChI is InChI=1S/C17H16Cl2N2O4/c1-3-25-16(22)12-8-13(19)14(9-15(12)24-2)21-17(23)20-11-6-4-5-10(18)7-11/h4-9H,3H2,1-2H3,(H2,20,21,23). The first-order valence-electron chi connectivity index (χ1n) is 7.32. The molecule has 2 N–H and O–H groups in total. The third kappa shape index (κ3) is 5.01. The predicted octanol–water partition coefficient (Wildman–Crippen LogP) is 4.82. The van der Waals surface area contributed by atoms with Crippen molar-refractivity contribution in [1.29, 1.82) is 0 Å². The van der Waals surface area contributed by atoms with Crippen LogP contribution in [0.5, 0.6) is 5.75 Å². The lowest BCUT2D eigenvalue weighted by atomic mass is 10.1. The molecule has 2 rings (SSSR count). The average Bonchev–Trinajstić information content (AvgIpc) is 2.56. The zero-order valence-electron chi connectivity index (χ0n) is 13.6. The largest absolute Gasteiger partial charge is 0.496 e. The fourth-order valence-electron chi connectivity index (χ4n) is 2.04. The molecule has 0 fully saturated rings. The van der Waals surface area contributed by atoms with Gasteiger partial charge in [0.25, 0.3) is 0 Å². The minimum atomic E-state index is -0.559. The van der Waals surface area contributed by atoms with Crippen LogP contribution in [0, 0.1) is 0 Å². The Hall–Kier alpha value is -2.44. The number of methoxy groups -OCH3 is 1. The summed E-state index contributed by atoms with van der Waals surface area (Å²) >= 11 is 12.0. The van der Waals surface area contributed by atoms with Crippen LogP contribution in [0.3, 0.4) is 0 Å². The number of anilines is 2. The highest BCUT2D eigenvalue weighted by molar-refractivity contribution is 6.34. The molecule has 2 amide bonds. The summed E-state index contributed by atoms with van der Waals surface area (Å²) in [6, 6.07) is 9.02. The van der Waals surface area contributed by atoms with Crippen molar-refractivity contribution in [3.8, 4) is 5.75 Å². The number of carbonyl (C=O) groups excluding carboxylic acids is 2. The maximum absolute atomic E-state index is 12.1. The zero-order valence-corrected chi connectivity index (χ0v) is 15.1. The third-order valence-electron chi connectivity index (χ3n) is 3.12. The zero-order chi connectivity index (χ0) is 18.4. The number of amides is 2. The average molecular weight is 383 g/mol. The summed E-state index contributed by atoms with van der Waals surface area (Å²) < 4.78 is 10.1. The predicted molar refractivity (Wildman–Crippen MR) is 98.1 cm³/mol. The first-order valence-corrected chi connectivity index (χ1v) is 8.08. The number of carbonyl (C=O) groups is 2. The maximum atomic E-state index is 12.1.